The highest BCUT2D eigenvalue weighted by atomic mass is 16.5. The Morgan fingerprint density at radius 3 is 3.20 bits per heavy atom. The molecule has 1 aliphatic rings. The van der Waals surface area contributed by atoms with Crippen LogP contribution in [0.5, 0.6) is 0 Å². The molecule has 0 bridgehead atoms. The molecule has 0 radical (unpaired) electrons. The third-order valence-electron chi connectivity index (χ3n) is 2.88. The number of aromatic nitrogens is 2. The van der Waals surface area contributed by atoms with Gasteiger partial charge in [-0.2, -0.15) is 4.98 Å². The van der Waals surface area contributed by atoms with Crippen LogP contribution in [0.25, 0.3) is 0 Å². The van der Waals surface area contributed by atoms with Crippen LogP contribution in [0.2, 0.25) is 0 Å². The van der Waals surface area contributed by atoms with E-state index in [1.807, 2.05) is 0 Å². The first kappa shape index (κ1) is 10.6. The fraction of sp³-hybridized carbons (Fsp3) is 0.818. The molecule has 0 saturated carbocycles. The van der Waals surface area contributed by atoms with Crippen molar-refractivity contribution >= 4 is 0 Å². The van der Waals surface area contributed by atoms with Crippen LogP contribution in [0, 0.1) is 0 Å². The van der Waals surface area contributed by atoms with Crippen molar-refractivity contribution in [2.75, 3.05) is 13.1 Å². The molecular formula is C11H19N3O. The maximum atomic E-state index is 5.30. The summed E-state index contributed by atoms with van der Waals surface area (Å²) in [6.45, 7) is 4.27. The SMILES string of the molecule is CCCCc1noc([C@H]2CCCNC2)n1. The quantitative estimate of drug-likeness (QED) is 0.822. The highest BCUT2D eigenvalue weighted by Gasteiger charge is 2.20. The van der Waals surface area contributed by atoms with Gasteiger partial charge in [-0.05, 0) is 25.8 Å². The molecule has 0 aromatic carbocycles. The third kappa shape index (κ3) is 2.78. The smallest absolute Gasteiger partial charge is 0.231 e. The van der Waals surface area contributed by atoms with Gasteiger partial charge >= 0.3 is 0 Å². The van der Waals surface area contributed by atoms with Gasteiger partial charge in [0.05, 0.1) is 5.92 Å². The monoisotopic (exact) mass is 209 g/mol. The van der Waals surface area contributed by atoms with Gasteiger partial charge < -0.3 is 9.84 Å². The number of aryl methyl sites for hydroxylation is 1. The predicted molar refractivity (Wildman–Crippen MR) is 57.8 cm³/mol. The lowest BCUT2D eigenvalue weighted by Crippen LogP contribution is -2.28. The van der Waals surface area contributed by atoms with Gasteiger partial charge in [0.1, 0.15) is 0 Å². The summed E-state index contributed by atoms with van der Waals surface area (Å²) in [5, 5.41) is 7.37. The Bertz CT molecular complexity index is 292. The Kier molecular flexibility index (Phi) is 3.72. The highest BCUT2D eigenvalue weighted by molar-refractivity contribution is 4.96. The van der Waals surface area contributed by atoms with Crippen LogP contribution in [-0.4, -0.2) is 23.2 Å². The first-order valence-electron chi connectivity index (χ1n) is 5.93. The zero-order valence-corrected chi connectivity index (χ0v) is 9.33. The van der Waals surface area contributed by atoms with Crippen LogP contribution >= 0.6 is 0 Å². The zero-order chi connectivity index (χ0) is 10.5. The molecule has 1 N–H and O–H groups in total. The molecule has 2 rings (SSSR count). The fourth-order valence-electron chi connectivity index (χ4n) is 1.93. The number of rotatable bonds is 4. The average molecular weight is 209 g/mol. The van der Waals surface area contributed by atoms with Gasteiger partial charge in [-0.3, -0.25) is 0 Å². The summed E-state index contributed by atoms with van der Waals surface area (Å²) in [7, 11) is 0. The number of nitrogens with one attached hydrogen (secondary N) is 1. The van der Waals surface area contributed by atoms with Crippen LogP contribution in [-0.2, 0) is 6.42 Å². The number of piperidine rings is 1. The van der Waals surface area contributed by atoms with E-state index in [9.17, 15) is 0 Å². The number of hydrogen-bond acceptors (Lipinski definition) is 4. The molecule has 0 unspecified atom stereocenters. The predicted octanol–water partition coefficient (Wildman–Crippen LogP) is 1.88. The van der Waals surface area contributed by atoms with Crippen LogP contribution in [0.3, 0.4) is 0 Å². The lowest BCUT2D eigenvalue weighted by Gasteiger charge is -2.18. The number of hydrogen-bond donors (Lipinski definition) is 1. The fourth-order valence-corrected chi connectivity index (χ4v) is 1.93. The minimum absolute atomic E-state index is 0.432. The van der Waals surface area contributed by atoms with Gasteiger partial charge in [0, 0.05) is 13.0 Å². The summed E-state index contributed by atoms with van der Waals surface area (Å²) in [6, 6.07) is 0. The Balaban J connectivity index is 1.93. The van der Waals surface area contributed by atoms with Crippen LogP contribution in [0.1, 0.15) is 50.2 Å². The minimum Gasteiger partial charge on any atom is -0.339 e. The van der Waals surface area contributed by atoms with Crippen LogP contribution < -0.4 is 5.32 Å². The number of nitrogens with zero attached hydrogens (tertiary/aromatic N) is 2. The van der Waals surface area contributed by atoms with Crippen molar-refractivity contribution in [2.45, 2.75) is 44.9 Å². The summed E-state index contributed by atoms with van der Waals surface area (Å²) in [6.07, 6.45) is 5.64. The molecule has 1 aromatic heterocycles. The first-order valence-corrected chi connectivity index (χ1v) is 5.93. The summed E-state index contributed by atoms with van der Waals surface area (Å²) in [5.41, 5.74) is 0. The van der Waals surface area contributed by atoms with E-state index in [2.05, 4.69) is 22.4 Å². The van der Waals surface area contributed by atoms with Crippen LogP contribution in [0.4, 0.5) is 0 Å². The van der Waals surface area contributed by atoms with Gasteiger partial charge in [-0.25, -0.2) is 0 Å². The second-order valence-electron chi connectivity index (χ2n) is 4.20. The molecule has 4 nitrogen and oxygen atoms in total. The van der Waals surface area contributed by atoms with Crippen LogP contribution in [0.15, 0.2) is 4.52 Å². The average Bonchev–Trinajstić information content (AvgIpc) is 2.76. The molecule has 2 heterocycles. The third-order valence-corrected chi connectivity index (χ3v) is 2.88. The van der Waals surface area contributed by atoms with E-state index >= 15 is 0 Å². The van der Waals surface area contributed by atoms with Crippen molar-refractivity contribution in [3.05, 3.63) is 11.7 Å². The van der Waals surface area contributed by atoms with Gasteiger partial charge in [0.15, 0.2) is 5.82 Å². The van der Waals surface area contributed by atoms with E-state index < -0.39 is 0 Å². The molecule has 1 fully saturated rings. The standard InChI is InChI=1S/C11H19N3O/c1-2-3-6-10-13-11(15-14-10)9-5-4-7-12-8-9/h9,12H,2-8H2,1H3/t9-/m0/s1. The molecule has 1 atom stereocenters. The second kappa shape index (κ2) is 5.26. The maximum absolute atomic E-state index is 5.30. The van der Waals surface area contributed by atoms with E-state index in [0.29, 0.717) is 5.92 Å². The molecule has 0 aliphatic carbocycles. The van der Waals surface area contributed by atoms with E-state index in [-0.39, 0.29) is 0 Å². The first-order chi connectivity index (χ1) is 7.40. The molecule has 84 valence electrons. The molecule has 15 heavy (non-hydrogen) atoms. The van der Waals surface area contributed by atoms with Gasteiger partial charge in [0.25, 0.3) is 0 Å². The molecule has 1 aliphatic heterocycles. The summed E-state index contributed by atoms with van der Waals surface area (Å²) >= 11 is 0. The Labute approximate surface area is 90.4 Å². The molecule has 1 saturated heterocycles. The van der Waals surface area contributed by atoms with Crippen molar-refractivity contribution < 1.29 is 4.52 Å². The van der Waals surface area contributed by atoms with Crippen molar-refractivity contribution in [3.8, 4) is 0 Å². The largest absolute Gasteiger partial charge is 0.339 e. The molecule has 0 spiro atoms. The molecule has 0 amide bonds. The van der Waals surface area contributed by atoms with Crippen molar-refractivity contribution in [3.63, 3.8) is 0 Å². The van der Waals surface area contributed by atoms with Crippen molar-refractivity contribution in [1.82, 2.24) is 15.5 Å². The Morgan fingerprint density at radius 2 is 2.47 bits per heavy atom. The van der Waals surface area contributed by atoms with Gasteiger partial charge in [-0.15, -0.1) is 0 Å². The second-order valence-corrected chi connectivity index (χ2v) is 4.20. The lowest BCUT2D eigenvalue weighted by atomic mass is 10.00. The normalized spacial score (nSPS) is 21.8. The van der Waals surface area contributed by atoms with E-state index in [4.69, 9.17) is 4.52 Å². The molecule has 1 aromatic rings. The lowest BCUT2D eigenvalue weighted by molar-refractivity contribution is 0.320. The summed E-state index contributed by atoms with van der Waals surface area (Å²) in [4.78, 5) is 4.45. The number of unbranched alkanes of at least 4 members (excludes halogenated alkanes) is 1. The zero-order valence-electron chi connectivity index (χ0n) is 9.33. The Hall–Kier alpha value is -0.900. The minimum atomic E-state index is 0.432. The molecular weight excluding hydrogens is 190 g/mol. The van der Waals surface area contributed by atoms with E-state index in [1.54, 1.807) is 0 Å². The molecule has 4 heteroatoms. The van der Waals surface area contributed by atoms with Gasteiger partial charge in [0.2, 0.25) is 5.89 Å². The highest BCUT2D eigenvalue weighted by Crippen LogP contribution is 2.21. The van der Waals surface area contributed by atoms with Gasteiger partial charge in [-0.1, -0.05) is 18.5 Å². The van der Waals surface area contributed by atoms with E-state index in [1.165, 1.54) is 19.3 Å². The topological polar surface area (TPSA) is 51.0 Å². The van der Waals surface area contributed by atoms with Crippen molar-refractivity contribution in [2.24, 2.45) is 0 Å². The Morgan fingerprint density at radius 1 is 1.53 bits per heavy atom. The van der Waals surface area contributed by atoms with E-state index in [0.717, 1.165) is 37.6 Å². The summed E-state index contributed by atoms with van der Waals surface area (Å²) in [5.74, 6) is 2.13. The maximum Gasteiger partial charge on any atom is 0.231 e. The van der Waals surface area contributed by atoms with Crippen molar-refractivity contribution in [1.29, 1.82) is 0 Å². The summed E-state index contributed by atoms with van der Waals surface area (Å²) < 4.78 is 5.30.